The van der Waals surface area contributed by atoms with E-state index in [9.17, 15) is 9.59 Å². The van der Waals surface area contributed by atoms with Crippen LogP contribution in [0.15, 0.2) is 42.1 Å². The normalized spacial score (nSPS) is 16.6. The summed E-state index contributed by atoms with van der Waals surface area (Å²) in [4.78, 5) is 26.8. The number of aromatic nitrogens is 1. The number of nitrogens with zero attached hydrogens (tertiary/aromatic N) is 2. The molecule has 0 aliphatic carbocycles. The van der Waals surface area contributed by atoms with Gasteiger partial charge in [0.1, 0.15) is 5.57 Å². The summed E-state index contributed by atoms with van der Waals surface area (Å²) in [6, 6.07) is 9.70. The van der Waals surface area contributed by atoms with Crippen molar-refractivity contribution in [2.45, 2.75) is 33.7 Å². The number of carbonyl (C=O) groups excluding carboxylic acids is 2. The topological polar surface area (TPSA) is 54.3 Å². The van der Waals surface area contributed by atoms with Crippen LogP contribution < -0.4 is 10.2 Å². The number of thiocarbonyl (C=S) groups is 1. The molecule has 1 N–H and O–H groups in total. The number of nitrogens with one attached hydrogen (secondary N) is 1. The van der Waals surface area contributed by atoms with Crippen molar-refractivity contribution in [1.82, 2.24) is 9.88 Å². The van der Waals surface area contributed by atoms with E-state index in [-0.39, 0.29) is 10.7 Å². The summed E-state index contributed by atoms with van der Waals surface area (Å²) in [5, 5.41) is 2.72. The second-order valence-electron chi connectivity index (χ2n) is 6.66. The molecular weight excluding hydrogens is 346 g/mol. The van der Waals surface area contributed by atoms with Crippen molar-refractivity contribution in [2.75, 3.05) is 4.90 Å². The van der Waals surface area contributed by atoms with E-state index in [0.29, 0.717) is 11.7 Å². The van der Waals surface area contributed by atoms with Gasteiger partial charge in [-0.15, -0.1) is 0 Å². The number of hydrogen-bond acceptors (Lipinski definition) is 3. The van der Waals surface area contributed by atoms with Crippen LogP contribution >= 0.6 is 12.2 Å². The molecule has 2 aromatic rings. The average molecular weight is 367 g/mol. The molecule has 1 aliphatic heterocycles. The van der Waals surface area contributed by atoms with Crippen LogP contribution in [-0.2, 0) is 9.59 Å². The second-order valence-corrected chi connectivity index (χ2v) is 7.05. The molecule has 1 aliphatic rings. The van der Waals surface area contributed by atoms with E-state index in [0.717, 1.165) is 16.8 Å². The summed E-state index contributed by atoms with van der Waals surface area (Å²) in [5.41, 5.74) is 3.53. The van der Waals surface area contributed by atoms with Crippen molar-refractivity contribution < 1.29 is 9.59 Å². The number of carbonyl (C=O) groups is 2. The van der Waals surface area contributed by atoms with Crippen LogP contribution in [-0.4, -0.2) is 21.5 Å². The lowest BCUT2D eigenvalue weighted by molar-refractivity contribution is -0.122. The van der Waals surface area contributed by atoms with E-state index in [4.69, 9.17) is 12.2 Å². The number of hydrogen-bond donors (Lipinski definition) is 1. The summed E-state index contributed by atoms with van der Waals surface area (Å²) in [5.74, 6) is -0.886. The van der Waals surface area contributed by atoms with Gasteiger partial charge in [-0.3, -0.25) is 19.8 Å². The van der Waals surface area contributed by atoms with Gasteiger partial charge in [-0.05, 0) is 69.2 Å². The van der Waals surface area contributed by atoms with Crippen molar-refractivity contribution in [3.8, 4) is 0 Å². The quantitative estimate of drug-likeness (QED) is 0.513. The summed E-state index contributed by atoms with van der Waals surface area (Å²) >= 11 is 5.24. The lowest BCUT2D eigenvalue weighted by atomic mass is 10.1. The first kappa shape index (κ1) is 18.1. The molecule has 3 rings (SSSR count). The highest BCUT2D eigenvalue weighted by molar-refractivity contribution is 7.80. The summed E-state index contributed by atoms with van der Waals surface area (Å²) < 4.78 is 2.10. The van der Waals surface area contributed by atoms with Gasteiger partial charge in [-0.25, -0.2) is 0 Å². The molecule has 0 radical (unpaired) electrons. The van der Waals surface area contributed by atoms with Gasteiger partial charge in [0.2, 0.25) is 0 Å². The lowest BCUT2D eigenvalue weighted by Crippen LogP contribution is -2.54. The van der Waals surface area contributed by atoms with Crippen LogP contribution in [0.25, 0.3) is 6.08 Å². The summed E-state index contributed by atoms with van der Waals surface area (Å²) in [6.07, 6.45) is 3.56. The molecule has 134 valence electrons. The van der Waals surface area contributed by atoms with Crippen molar-refractivity contribution in [3.63, 3.8) is 0 Å². The first-order chi connectivity index (χ1) is 12.3. The van der Waals surface area contributed by atoms with E-state index >= 15 is 0 Å². The van der Waals surface area contributed by atoms with Gasteiger partial charge in [0, 0.05) is 17.9 Å². The Morgan fingerprint density at radius 1 is 1.15 bits per heavy atom. The molecule has 1 aromatic heterocycles. The molecule has 1 aromatic carbocycles. The molecule has 1 fully saturated rings. The zero-order chi connectivity index (χ0) is 19.0. The molecule has 0 saturated carbocycles. The molecular formula is C20H21N3O2S. The van der Waals surface area contributed by atoms with Gasteiger partial charge in [-0.2, -0.15) is 0 Å². The Morgan fingerprint density at radius 2 is 1.85 bits per heavy atom. The minimum atomic E-state index is -0.472. The molecule has 2 heterocycles. The SMILES string of the molecule is Cc1ccccc1N1C(=O)/C(=C\c2cc(C)n(C(C)C)c2)C(=O)NC1=S. The molecule has 6 heteroatoms. The molecule has 0 spiro atoms. The smallest absolute Gasteiger partial charge is 0.270 e. The lowest BCUT2D eigenvalue weighted by Gasteiger charge is -2.29. The molecule has 0 unspecified atom stereocenters. The van der Waals surface area contributed by atoms with E-state index in [1.807, 2.05) is 50.4 Å². The summed E-state index contributed by atoms with van der Waals surface area (Å²) in [7, 11) is 0. The van der Waals surface area contributed by atoms with Crippen LogP contribution in [0.5, 0.6) is 0 Å². The van der Waals surface area contributed by atoms with Crippen LogP contribution in [0.3, 0.4) is 0 Å². The van der Waals surface area contributed by atoms with Gasteiger partial charge in [0.15, 0.2) is 5.11 Å². The molecule has 1 saturated heterocycles. The third kappa shape index (κ3) is 3.20. The second kappa shape index (κ2) is 6.88. The zero-order valence-corrected chi connectivity index (χ0v) is 16.1. The Kier molecular flexibility index (Phi) is 4.78. The number of para-hydroxylation sites is 1. The highest BCUT2D eigenvalue weighted by Gasteiger charge is 2.35. The van der Waals surface area contributed by atoms with Gasteiger partial charge in [0.05, 0.1) is 5.69 Å². The Balaban J connectivity index is 2.03. The largest absolute Gasteiger partial charge is 0.349 e. The van der Waals surface area contributed by atoms with Crippen LogP contribution in [0.2, 0.25) is 0 Å². The minimum absolute atomic E-state index is 0.0720. The van der Waals surface area contributed by atoms with Crippen molar-refractivity contribution >= 4 is 40.9 Å². The monoisotopic (exact) mass is 367 g/mol. The first-order valence-electron chi connectivity index (χ1n) is 8.45. The van der Waals surface area contributed by atoms with Gasteiger partial charge >= 0.3 is 0 Å². The Bertz CT molecular complexity index is 940. The molecule has 0 bridgehead atoms. The van der Waals surface area contributed by atoms with Crippen molar-refractivity contribution in [1.29, 1.82) is 0 Å². The highest BCUT2D eigenvalue weighted by atomic mass is 32.1. The number of rotatable bonds is 3. The van der Waals surface area contributed by atoms with E-state index in [1.165, 1.54) is 4.90 Å². The number of benzene rings is 1. The fraction of sp³-hybridized carbons (Fsp3) is 0.250. The Hall–Kier alpha value is -2.73. The third-order valence-electron chi connectivity index (χ3n) is 4.40. The van der Waals surface area contributed by atoms with Crippen LogP contribution in [0.4, 0.5) is 5.69 Å². The average Bonchev–Trinajstić information content (AvgIpc) is 2.94. The maximum absolute atomic E-state index is 13.0. The molecule has 5 nitrogen and oxygen atoms in total. The van der Waals surface area contributed by atoms with E-state index < -0.39 is 11.8 Å². The minimum Gasteiger partial charge on any atom is -0.349 e. The fourth-order valence-corrected chi connectivity index (χ4v) is 3.38. The van der Waals surface area contributed by atoms with E-state index in [1.54, 1.807) is 6.08 Å². The van der Waals surface area contributed by atoms with Crippen molar-refractivity contribution in [3.05, 3.63) is 58.9 Å². The fourth-order valence-electron chi connectivity index (χ4n) is 3.11. The standard InChI is InChI=1S/C20H21N3O2S/c1-12(2)22-11-15(9-14(22)4)10-16-18(24)21-20(26)23(19(16)25)17-8-6-5-7-13(17)3/h5-12H,1-4H3,(H,21,24,26)/b16-10-. The van der Waals surface area contributed by atoms with Gasteiger partial charge < -0.3 is 4.57 Å². The molecule has 26 heavy (non-hydrogen) atoms. The third-order valence-corrected chi connectivity index (χ3v) is 4.68. The van der Waals surface area contributed by atoms with Gasteiger partial charge in [-0.1, -0.05) is 18.2 Å². The predicted molar refractivity (Wildman–Crippen MR) is 107 cm³/mol. The molecule has 2 amide bonds. The van der Waals surface area contributed by atoms with Crippen LogP contribution in [0.1, 0.15) is 36.7 Å². The number of aryl methyl sites for hydroxylation is 2. The Labute approximate surface area is 158 Å². The van der Waals surface area contributed by atoms with Crippen LogP contribution in [0, 0.1) is 13.8 Å². The first-order valence-corrected chi connectivity index (χ1v) is 8.86. The Morgan fingerprint density at radius 3 is 2.46 bits per heavy atom. The predicted octanol–water partition coefficient (Wildman–Crippen LogP) is 3.52. The molecule has 0 atom stereocenters. The highest BCUT2D eigenvalue weighted by Crippen LogP contribution is 2.25. The number of amides is 2. The maximum atomic E-state index is 13.0. The summed E-state index contributed by atoms with van der Waals surface area (Å²) in [6.45, 7) is 8.07. The van der Waals surface area contributed by atoms with Crippen molar-refractivity contribution in [2.24, 2.45) is 0 Å². The van der Waals surface area contributed by atoms with Gasteiger partial charge in [0.25, 0.3) is 11.8 Å². The zero-order valence-electron chi connectivity index (χ0n) is 15.2. The number of anilines is 1. The maximum Gasteiger partial charge on any atom is 0.270 e. The van der Waals surface area contributed by atoms with E-state index in [2.05, 4.69) is 23.7 Å².